The van der Waals surface area contributed by atoms with Crippen LogP contribution in [0.1, 0.15) is 12.1 Å². The molecule has 6 heteroatoms. The van der Waals surface area contributed by atoms with E-state index in [2.05, 4.69) is 20.9 Å². The Bertz CT molecular complexity index is 609. The van der Waals surface area contributed by atoms with Crippen LogP contribution in [0, 0.1) is 5.82 Å². The van der Waals surface area contributed by atoms with E-state index < -0.39 is 23.4 Å². The summed E-state index contributed by atoms with van der Waals surface area (Å²) in [4.78, 5) is 13.7. The fourth-order valence-corrected chi connectivity index (χ4v) is 1.95. The lowest BCUT2D eigenvalue weighted by Crippen LogP contribution is -2.07. The van der Waals surface area contributed by atoms with Gasteiger partial charge in [-0.3, -0.25) is 4.79 Å². The zero-order chi connectivity index (χ0) is 11.9. The predicted molar refractivity (Wildman–Crippen MR) is 57.2 cm³/mol. The summed E-state index contributed by atoms with van der Waals surface area (Å²) < 4.78 is 38.5. The third-order valence-corrected chi connectivity index (χ3v) is 2.80. The van der Waals surface area contributed by atoms with Gasteiger partial charge in [0.1, 0.15) is 5.82 Å². The maximum Gasteiger partial charge on any atom is 0.278 e. The van der Waals surface area contributed by atoms with E-state index in [1.54, 1.807) is 0 Å². The van der Waals surface area contributed by atoms with Crippen molar-refractivity contribution in [1.29, 1.82) is 0 Å². The van der Waals surface area contributed by atoms with Crippen molar-refractivity contribution < 1.29 is 13.2 Å². The summed E-state index contributed by atoms with van der Waals surface area (Å²) in [7, 11) is 0. The van der Waals surface area contributed by atoms with E-state index in [1.807, 2.05) is 0 Å². The monoisotopic (exact) mass is 291 g/mol. The van der Waals surface area contributed by atoms with Gasteiger partial charge in [0.05, 0.1) is 16.6 Å². The van der Waals surface area contributed by atoms with Gasteiger partial charge in [-0.15, -0.1) is 0 Å². The molecule has 1 heterocycles. The zero-order valence-electron chi connectivity index (χ0n) is 7.73. The highest BCUT2D eigenvalue weighted by Crippen LogP contribution is 2.24. The van der Waals surface area contributed by atoms with Crippen molar-refractivity contribution in [2.45, 2.75) is 6.43 Å². The summed E-state index contributed by atoms with van der Waals surface area (Å²) in [5.74, 6) is -0.738. The van der Waals surface area contributed by atoms with E-state index in [0.717, 1.165) is 12.1 Å². The Hall–Kier alpha value is -1.30. The van der Waals surface area contributed by atoms with Gasteiger partial charge in [-0.25, -0.2) is 13.2 Å². The number of aromatic amines is 1. The highest BCUT2D eigenvalue weighted by molar-refractivity contribution is 9.10. The Morgan fingerprint density at radius 1 is 1.31 bits per heavy atom. The van der Waals surface area contributed by atoms with Crippen molar-refractivity contribution in [3.8, 4) is 0 Å². The van der Waals surface area contributed by atoms with Crippen LogP contribution in [0.4, 0.5) is 13.2 Å². The van der Waals surface area contributed by atoms with Crippen LogP contribution in [0.5, 0.6) is 0 Å². The second-order valence-corrected chi connectivity index (χ2v) is 4.02. The first-order chi connectivity index (χ1) is 7.50. The summed E-state index contributed by atoms with van der Waals surface area (Å²) in [6.07, 6.45) is -2.84. The van der Waals surface area contributed by atoms with Gasteiger partial charge in [-0.2, -0.15) is 0 Å². The molecule has 0 spiro atoms. The minimum atomic E-state index is -2.84. The quantitative estimate of drug-likeness (QED) is 0.859. The molecule has 0 amide bonds. The number of halogens is 4. The first kappa shape index (κ1) is 11.2. The number of rotatable bonds is 1. The Kier molecular flexibility index (Phi) is 2.75. The summed E-state index contributed by atoms with van der Waals surface area (Å²) in [5.41, 5.74) is -1.44. The molecule has 0 radical (unpaired) electrons. The van der Waals surface area contributed by atoms with Crippen LogP contribution in [-0.2, 0) is 0 Å². The molecular weight excluding hydrogens is 287 g/mol. The van der Waals surface area contributed by atoms with E-state index in [1.165, 1.54) is 6.07 Å². The second-order valence-electron chi connectivity index (χ2n) is 3.17. The topological polar surface area (TPSA) is 32.9 Å². The molecule has 2 rings (SSSR count). The molecule has 0 aliphatic carbocycles. The molecule has 0 saturated heterocycles. The molecule has 16 heavy (non-hydrogen) atoms. The first-order valence-corrected chi connectivity index (χ1v) is 5.09. The Morgan fingerprint density at radius 3 is 2.62 bits per heavy atom. The standard InChI is InChI=1S/C10H5BrF3NO/c11-4-1-2-5(12)9-8(4)7(16)3-6(15-9)10(13)14/h1-3,10H,(H,15,16). The highest BCUT2D eigenvalue weighted by Gasteiger charge is 2.14. The van der Waals surface area contributed by atoms with Gasteiger partial charge in [0.25, 0.3) is 6.43 Å². The number of nitrogens with one attached hydrogen (secondary N) is 1. The van der Waals surface area contributed by atoms with Gasteiger partial charge in [0.15, 0.2) is 5.43 Å². The third kappa shape index (κ3) is 1.73. The highest BCUT2D eigenvalue weighted by atomic mass is 79.9. The number of fused-ring (bicyclic) bond motifs is 1. The van der Waals surface area contributed by atoms with Gasteiger partial charge < -0.3 is 4.98 Å². The van der Waals surface area contributed by atoms with Gasteiger partial charge in [-0.1, -0.05) is 0 Å². The average Bonchev–Trinajstić information content (AvgIpc) is 2.22. The average molecular weight is 292 g/mol. The number of aromatic nitrogens is 1. The summed E-state index contributed by atoms with van der Waals surface area (Å²) in [5, 5.41) is 0.0319. The largest absolute Gasteiger partial charge is 0.351 e. The molecule has 2 nitrogen and oxygen atoms in total. The number of pyridine rings is 1. The molecule has 84 valence electrons. The van der Waals surface area contributed by atoms with E-state index in [0.29, 0.717) is 4.47 Å². The SMILES string of the molecule is O=c1cc(C(F)F)[nH]c2c(F)ccc(Br)c12. The number of benzene rings is 1. The molecule has 1 N–H and O–H groups in total. The molecule has 1 aromatic heterocycles. The summed E-state index contributed by atoms with van der Waals surface area (Å²) in [6, 6.07) is 3.23. The van der Waals surface area contributed by atoms with Crippen LogP contribution in [0.25, 0.3) is 10.9 Å². The summed E-state index contributed by atoms with van der Waals surface area (Å²) >= 11 is 3.07. The van der Waals surface area contributed by atoms with Crippen LogP contribution < -0.4 is 5.43 Å². The molecule has 0 aliphatic rings. The lowest BCUT2D eigenvalue weighted by atomic mass is 10.2. The lowest BCUT2D eigenvalue weighted by Gasteiger charge is -2.05. The van der Waals surface area contributed by atoms with Crippen LogP contribution >= 0.6 is 15.9 Å². The third-order valence-electron chi connectivity index (χ3n) is 2.14. The number of hydrogen-bond acceptors (Lipinski definition) is 1. The van der Waals surface area contributed by atoms with E-state index in [4.69, 9.17) is 0 Å². The van der Waals surface area contributed by atoms with Gasteiger partial charge in [0.2, 0.25) is 0 Å². The fourth-order valence-electron chi connectivity index (χ4n) is 1.43. The number of hydrogen-bond donors (Lipinski definition) is 1. The zero-order valence-corrected chi connectivity index (χ0v) is 9.32. The molecule has 0 fully saturated rings. The van der Waals surface area contributed by atoms with Crippen molar-refractivity contribution in [2.75, 3.05) is 0 Å². The van der Waals surface area contributed by atoms with Crippen LogP contribution in [0.3, 0.4) is 0 Å². The molecule has 0 aliphatic heterocycles. The normalized spacial score (nSPS) is 11.3. The van der Waals surface area contributed by atoms with Gasteiger partial charge >= 0.3 is 0 Å². The van der Waals surface area contributed by atoms with E-state index >= 15 is 0 Å². The predicted octanol–water partition coefficient (Wildman–Crippen LogP) is 3.37. The molecule has 0 bridgehead atoms. The van der Waals surface area contributed by atoms with Crippen molar-refractivity contribution in [3.63, 3.8) is 0 Å². The van der Waals surface area contributed by atoms with Crippen molar-refractivity contribution in [3.05, 3.63) is 44.4 Å². The van der Waals surface area contributed by atoms with Crippen molar-refractivity contribution in [2.24, 2.45) is 0 Å². The molecule has 1 aromatic carbocycles. The van der Waals surface area contributed by atoms with E-state index in [-0.39, 0.29) is 10.9 Å². The Labute approximate surface area is 96.2 Å². The van der Waals surface area contributed by atoms with E-state index in [9.17, 15) is 18.0 Å². The molecule has 0 atom stereocenters. The Balaban J connectivity index is 2.92. The number of alkyl halides is 2. The van der Waals surface area contributed by atoms with Gasteiger partial charge in [0, 0.05) is 10.5 Å². The Morgan fingerprint density at radius 2 is 2.00 bits per heavy atom. The second kappa shape index (κ2) is 3.93. The molecule has 0 saturated carbocycles. The molecule has 2 aromatic rings. The van der Waals surface area contributed by atoms with Crippen molar-refractivity contribution in [1.82, 2.24) is 4.98 Å². The molecule has 0 unspecified atom stereocenters. The molecular formula is C10H5BrF3NO. The van der Waals surface area contributed by atoms with Crippen LogP contribution in [-0.4, -0.2) is 4.98 Å². The minimum Gasteiger partial charge on any atom is -0.351 e. The fraction of sp³-hybridized carbons (Fsp3) is 0.100. The maximum atomic E-state index is 13.4. The van der Waals surface area contributed by atoms with Crippen LogP contribution in [0.2, 0.25) is 0 Å². The van der Waals surface area contributed by atoms with Crippen LogP contribution in [0.15, 0.2) is 27.5 Å². The minimum absolute atomic E-state index is 0.0319. The van der Waals surface area contributed by atoms with Gasteiger partial charge in [-0.05, 0) is 28.1 Å². The smallest absolute Gasteiger partial charge is 0.278 e. The van der Waals surface area contributed by atoms with Crippen molar-refractivity contribution >= 4 is 26.8 Å². The lowest BCUT2D eigenvalue weighted by molar-refractivity contribution is 0.146. The maximum absolute atomic E-state index is 13.4. The first-order valence-electron chi connectivity index (χ1n) is 4.30. The summed E-state index contributed by atoms with van der Waals surface area (Å²) in [6.45, 7) is 0. The number of H-pyrrole nitrogens is 1.